The number of piperidine rings is 1. The van der Waals surface area contributed by atoms with Crippen molar-refractivity contribution in [3.8, 4) is 5.75 Å². The van der Waals surface area contributed by atoms with Crippen molar-refractivity contribution in [2.24, 2.45) is 11.7 Å². The van der Waals surface area contributed by atoms with E-state index in [9.17, 15) is 41.5 Å². The van der Waals surface area contributed by atoms with Crippen molar-refractivity contribution in [3.63, 3.8) is 0 Å². The van der Waals surface area contributed by atoms with Crippen LogP contribution in [0.1, 0.15) is 35.4 Å². The van der Waals surface area contributed by atoms with E-state index in [1.54, 1.807) is 13.0 Å². The lowest BCUT2D eigenvalue weighted by atomic mass is 10.1. The summed E-state index contributed by atoms with van der Waals surface area (Å²) in [5, 5.41) is 14.6. The molecule has 0 bridgehead atoms. The summed E-state index contributed by atoms with van der Waals surface area (Å²) in [7, 11) is 0. The molecule has 13 nitrogen and oxygen atoms in total. The van der Waals surface area contributed by atoms with Gasteiger partial charge < -0.3 is 30.6 Å². The molecule has 1 saturated heterocycles. The molecule has 3 atom stereocenters. The zero-order chi connectivity index (χ0) is 31.6. The van der Waals surface area contributed by atoms with Gasteiger partial charge in [0, 0.05) is 17.1 Å². The minimum atomic E-state index is -5.11. The van der Waals surface area contributed by atoms with Crippen molar-refractivity contribution in [3.05, 3.63) is 47.7 Å². The quantitative estimate of drug-likeness (QED) is 0.196. The first-order chi connectivity index (χ1) is 20.2. The lowest BCUT2D eigenvalue weighted by molar-refractivity contribution is -0.275. The molecule has 1 saturated carbocycles. The molecule has 228 valence electrons. The fraction of sp³-hybridized carbons (Fsp3) is 0.346. The molecule has 1 aliphatic carbocycles. The Bertz CT molecular complexity index is 1610. The zero-order valence-corrected chi connectivity index (χ0v) is 22.3. The molecule has 43 heavy (non-hydrogen) atoms. The minimum absolute atomic E-state index is 0.0234. The van der Waals surface area contributed by atoms with Gasteiger partial charge in [0.15, 0.2) is 17.3 Å². The average Bonchev–Trinajstić information content (AvgIpc) is 3.42. The number of nitrogens with zero attached hydrogens (tertiary/aromatic N) is 4. The first-order valence-corrected chi connectivity index (χ1v) is 12.6. The highest BCUT2D eigenvalue weighted by Gasteiger charge is 2.56. The van der Waals surface area contributed by atoms with Crippen LogP contribution < -0.4 is 15.8 Å². The Labute approximate surface area is 239 Å². The summed E-state index contributed by atoms with van der Waals surface area (Å²) in [5.41, 5.74) is 5.93. The molecule has 4 N–H and O–H groups in total. The number of aromatic nitrogens is 3. The minimum Gasteiger partial charge on any atom is -0.481 e. The van der Waals surface area contributed by atoms with Crippen molar-refractivity contribution in [2.75, 3.05) is 5.32 Å². The normalized spacial score (nSPS) is 18.7. The molecule has 5 rings (SSSR count). The molecule has 17 heteroatoms. The Morgan fingerprint density at radius 1 is 1.23 bits per heavy atom. The number of likely N-dealkylation sites (tertiary alicyclic amines) is 1. The van der Waals surface area contributed by atoms with E-state index in [-0.39, 0.29) is 30.6 Å². The predicted octanol–water partition coefficient (Wildman–Crippen LogP) is 2.16. The van der Waals surface area contributed by atoms with Crippen LogP contribution in [-0.2, 0) is 25.7 Å². The summed E-state index contributed by atoms with van der Waals surface area (Å²) >= 11 is 0. The summed E-state index contributed by atoms with van der Waals surface area (Å²) in [6, 6.07) is 3.42. The van der Waals surface area contributed by atoms with Crippen LogP contribution in [-0.4, -0.2) is 73.2 Å². The number of carbonyl (C=O) groups excluding carboxylic acids is 4. The number of pyridine rings is 1. The fourth-order valence-corrected chi connectivity index (χ4v) is 4.84. The van der Waals surface area contributed by atoms with Gasteiger partial charge in [0.05, 0.1) is 17.4 Å². The van der Waals surface area contributed by atoms with Crippen LogP contribution in [0.4, 0.5) is 23.2 Å². The Morgan fingerprint density at radius 3 is 2.56 bits per heavy atom. The first kappa shape index (κ1) is 30.9. The number of aliphatic carboxylic acids is 1. The van der Waals surface area contributed by atoms with Crippen LogP contribution in [0.25, 0.3) is 10.9 Å². The predicted molar refractivity (Wildman–Crippen MR) is 138 cm³/mol. The maximum Gasteiger partial charge on any atom is 0.573 e. The van der Waals surface area contributed by atoms with E-state index in [0.717, 1.165) is 18.2 Å². The van der Waals surface area contributed by atoms with Crippen LogP contribution >= 0.6 is 0 Å². The summed E-state index contributed by atoms with van der Waals surface area (Å²) < 4.78 is 57.1. The summed E-state index contributed by atoms with van der Waals surface area (Å²) in [5.74, 6) is -5.48. The van der Waals surface area contributed by atoms with Crippen LogP contribution in [0.5, 0.6) is 5.75 Å². The van der Waals surface area contributed by atoms with Gasteiger partial charge in [-0.25, -0.2) is 4.39 Å². The van der Waals surface area contributed by atoms with E-state index >= 15 is 0 Å². The maximum atomic E-state index is 14.5. The number of rotatable bonds is 8. The smallest absolute Gasteiger partial charge is 0.481 e. The molecule has 1 aliphatic heterocycles. The molecular weight excluding hydrogens is 584 g/mol. The van der Waals surface area contributed by atoms with Gasteiger partial charge in [-0.15, -0.1) is 13.2 Å². The zero-order valence-electron chi connectivity index (χ0n) is 22.3. The number of carboxylic acids is 1. The third kappa shape index (κ3) is 7.04. The number of benzene rings is 1. The molecule has 2 fully saturated rings. The van der Waals surface area contributed by atoms with Gasteiger partial charge in [-0.2, -0.15) is 5.10 Å². The van der Waals surface area contributed by atoms with Crippen LogP contribution in [0, 0.1) is 18.7 Å². The number of ether oxygens (including phenoxy) is 1. The number of nitrogens with one attached hydrogen (secondary N) is 1. The topological polar surface area (TPSA) is 187 Å². The van der Waals surface area contributed by atoms with Crippen LogP contribution in [0.15, 0.2) is 30.5 Å². The number of aldehydes is 1. The molecule has 3 aromatic rings. The van der Waals surface area contributed by atoms with E-state index in [0.29, 0.717) is 35.7 Å². The molecule has 2 aromatic heterocycles. The van der Waals surface area contributed by atoms with Crippen molar-refractivity contribution in [1.82, 2.24) is 19.7 Å². The largest absolute Gasteiger partial charge is 0.573 e. The number of alkyl halides is 3. The summed E-state index contributed by atoms with van der Waals surface area (Å²) in [4.78, 5) is 62.3. The van der Waals surface area contributed by atoms with Crippen molar-refractivity contribution in [1.29, 1.82) is 0 Å². The Morgan fingerprint density at radius 2 is 1.95 bits per heavy atom. The maximum absolute atomic E-state index is 14.5. The van der Waals surface area contributed by atoms with Gasteiger partial charge in [0.2, 0.25) is 11.8 Å². The highest BCUT2D eigenvalue weighted by Crippen LogP contribution is 2.48. The van der Waals surface area contributed by atoms with Gasteiger partial charge in [-0.3, -0.25) is 28.8 Å². The van der Waals surface area contributed by atoms with Crippen molar-refractivity contribution < 1.29 is 51.4 Å². The number of primary amides is 1. The number of hydrogen-bond acceptors (Lipinski definition) is 8. The third-order valence-corrected chi connectivity index (χ3v) is 6.69. The van der Waals surface area contributed by atoms with E-state index in [1.165, 1.54) is 15.8 Å². The highest BCUT2D eigenvalue weighted by atomic mass is 19.4. The second kappa shape index (κ2) is 12.0. The monoisotopic (exact) mass is 608 g/mol. The van der Waals surface area contributed by atoms with Crippen LogP contribution in [0.3, 0.4) is 0 Å². The number of amides is 3. The first-order valence-electron chi connectivity index (χ1n) is 12.6. The van der Waals surface area contributed by atoms with E-state index in [4.69, 9.17) is 10.8 Å². The fourth-order valence-electron chi connectivity index (χ4n) is 4.84. The lowest BCUT2D eigenvalue weighted by Crippen LogP contribution is -2.46. The van der Waals surface area contributed by atoms with Gasteiger partial charge in [-0.05, 0) is 43.9 Å². The summed E-state index contributed by atoms with van der Waals surface area (Å²) in [6.45, 7) is 1.41. The number of aryl methyl sites for hydroxylation is 1. The Balaban J connectivity index is 0.000000641. The second-order valence-corrected chi connectivity index (χ2v) is 9.75. The standard InChI is InChI=1S/C23H20F4N6O4.C3H4O3/c1-10-5-12-16(8-29-10)32(31-20(12)21(28)35)9-18(34)33-14-6-11(14)7-15(33)22(36)30-13-3-2-4-17(19(13)24)37-23(25,26)27;4-2-1-3(5)6/h2-5,8,11,14-15H,6-7,9H2,1H3,(H2,28,35)(H,30,36);2H,1H2,(H,5,6)/t11-,14-,15+;/m1./s1. The molecule has 0 unspecified atom stereocenters. The van der Waals surface area contributed by atoms with Crippen LogP contribution in [0.2, 0.25) is 0 Å². The molecule has 0 spiro atoms. The molecule has 1 aromatic carbocycles. The average molecular weight is 609 g/mol. The summed E-state index contributed by atoms with van der Waals surface area (Å²) in [6.07, 6.45) is -2.69. The van der Waals surface area contributed by atoms with Gasteiger partial charge in [0.25, 0.3) is 5.91 Å². The molecular formula is C26H24F4N6O7. The Hall–Kier alpha value is -5.09. The SMILES string of the molecule is Cc1cc2c(C(N)=O)nn(CC(=O)N3[C@@H]4C[C@@H]4C[C@H]3C(=O)Nc3cccc(OC(F)(F)F)c3F)c2cn1.O=CCC(=O)O. The van der Waals surface area contributed by atoms with E-state index in [2.05, 4.69) is 20.1 Å². The third-order valence-electron chi connectivity index (χ3n) is 6.69. The van der Waals surface area contributed by atoms with Gasteiger partial charge >= 0.3 is 12.3 Å². The van der Waals surface area contributed by atoms with Crippen molar-refractivity contribution in [2.45, 2.75) is 51.2 Å². The number of hydrogen-bond donors (Lipinski definition) is 3. The molecule has 3 heterocycles. The number of carboxylic acid groups (broad SMARTS) is 1. The molecule has 3 amide bonds. The van der Waals surface area contributed by atoms with Gasteiger partial charge in [0.1, 0.15) is 25.3 Å². The Kier molecular flexibility index (Phi) is 8.63. The van der Waals surface area contributed by atoms with Gasteiger partial charge in [-0.1, -0.05) is 6.07 Å². The number of anilines is 1. The number of fused-ring (bicyclic) bond motifs is 2. The number of carbonyl (C=O) groups is 5. The lowest BCUT2D eigenvalue weighted by Gasteiger charge is -2.27. The highest BCUT2D eigenvalue weighted by molar-refractivity contribution is 6.04. The van der Waals surface area contributed by atoms with E-state index < -0.39 is 53.3 Å². The number of halogens is 4. The molecule has 0 radical (unpaired) electrons. The molecule has 2 aliphatic rings. The second-order valence-electron chi connectivity index (χ2n) is 9.75. The van der Waals surface area contributed by atoms with Crippen molar-refractivity contribution >= 4 is 46.6 Å². The van der Waals surface area contributed by atoms with E-state index in [1.807, 2.05) is 0 Å². The number of nitrogens with two attached hydrogens (primary N) is 1.